The third kappa shape index (κ3) is 4.56. The minimum absolute atomic E-state index is 0.128. The van der Waals surface area contributed by atoms with Crippen LogP contribution in [0.5, 0.6) is 0 Å². The summed E-state index contributed by atoms with van der Waals surface area (Å²) in [5.74, 6) is -0.319. The molecule has 1 rings (SSSR count). The second-order valence-corrected chi connectivity index (χ2v) is 4.90. The summed E-state index contributed by atoms with van der Waals surface area (Å²) in [7, 11) is 0. The number of hydrogen-bond acceptors (Lipinski definition) is 5. The number of nitrogens with zero attached hydrogens (tertiary/aromatic N) is 2. The van der Waals surface area contributed by atoms with Crippen molar-refractivity contribution < 1.29 is 9.59 Å². The normalized spacial score (nSPS) is 21.2. The number of nitrogens with one attached hydrogen (secondary N) is 2. The molecule has 0 aliphatic carbocycles. The van der Waals surface area contributed by atoms with E-state index in [0.29, 0.717) is 11.7 Å². The fraction of sp³-hybridized carbons (Fsp3) is 0.600. The van der Waals surface area contributed by atoms with Crippen molar-refractivity contribution in [1.82, 2.24) is 10.6 Å². The van der Waals surface area contributed by atoms with Crippen molar-refractivity contribution in [2.45, 2.75) is 32.4 Å². The number of carbonyl (C=O) groups is 2. The van der Waals surface area contributed by atoms with Crippen molar-refractivity contribution in [3.63, 3.8) is 0 Å². The zero-order valence-corrected chi connectivity index (χ0v) is 10.9. The van der Waals surface area contributed by atoms with E-state index in [1.807, 2.05) is 20.8 Å². The highest BCUT2D eigenvalue weighted by atomic mass is 32.2. The lowest BCUT2D eigenvalue weighted by molar-refractivity contribution is -0.125. The quantitative estimate of drug-likeness (QED) is 0.567. The number of carbonyl (C=O) groups excluding carboxylic acids is 2. The summed E-state index contributed by atoms with van der Waals surface area (Å²) in [6.07, 6.45) is 0.165. The summed E-state index contributed by atoms with van der Waals surface area (Å²) in [6, 6.07) is 0. The van der Waals surface area contributed by atoms with Gasteiger partial charge in [0.1, 0.15) is 5.25 Å². The molecule has 17 heavy (non-hydrogen) atoms. The van der Waals surface area contributed by atoms with Crippen LogP contribution in [0.15, 0.2) is 10.2 Å². The molecule has 1 unspecified atom stereocenters. The van der Waals surface area contributed by atoms with E-state index in [2.05, 4.69) is 20.8 Å². The Morgan fingerprint density at radius 1 is 1.53 bits per heavy atom. The molecule has 0 aromatic heterocycles. The summed E-state index contributed by atoms with van der Waals surface area (Å²) in [5.41, 5.74) is 0.805. The minimum Gasteiger partial charge on any atom is -0.356 e. The lowest BCUT2D eigenvalue weighted by Gasteiger charge is -2.04. The molecule has 0 radical (unpaired) electrons. The van der Waals surface area contributed by atoms with E-state index >= 15 is 0 Å². The first kappa shape index (κ1) is 13.7. The first-order valence-corrected chi connectivity index (χ1v) is 6.24. The van der Waals surface area contributed by atoms with Gasteiger partial charge >= 0.3 is 0 Å². The largest absolute Gasteiger partial charge is 0.356 e. The summed E-state index contributed by atoms with van der Waals surface area (Å²) in [5, 5.41) is 13.0. The number of rotatable bonds is 4. The van der Waals surface area contributed by atoms with Crippen molar-refractivity contribution in [1.29, 1.82) is 0 Å². The molecule has 94 valence electrons. The van der Waals surface area contributed by atoms with Gasteiger partial charge in [-0.1, -0.05) is 11.8 Å². The van der Waals surface area contributed by atoms with E-state index in [4.69, 9.17) is 0 Å². The van der Waals surface area contributed by atoms with Crippen LogP contribution in [0.1, 0.15) is 27.2 Å². The summed E-state index contributed by atoms with van der Waals surface area (Å²) < 4.78 is 0. The van der Waals surface area contributed by atoms with Crippen molar-refractivity contribution in [3.05, 3.63) is 0 Å². The molecule has 2 amide bonds. The Kier molecular flexibility index (Phi) is 5.14. The molecule has 1 aliphatic heterocycles. The summed E-state index contributed by atoms with van der Waals surface area (Å²) >= 11 is 1.24. The van der Waals surface area contributed by atoms with Gasteiger partial charge in [0.25, 0.3) is 0 Å². The summed E-state index contributed by atoms with van der Waals surface area (Å²) in [4.78, 5) is 22.9. The van der Waals surface area contributed by atoms with Gasteiger partial charge in [0.05, 0.1) is 0 Å². The average molecular weight is 256 g/mol. The zero-order valence-electron chi connectivity index (χ0n) is 10.1. The molecule has 7 heteroatoms. The van der Waals surface area contributed by atoms with E-state index in [1.165, 1.54) is 11.8 Å². The van der Waals surface area contributed by atoms with Crippen molar-refractivity contribution in [2.75, 3.05) is 6.54 Å². The molecule has 0 aromatic carbocycles. The molecule has 0 spiro atoms. The Balaban J connectivity index is 2.55. The van der Waals surface area contributed by atoms with Crippen LogP contribution in [0.2, 0.25) is 0 Å². The average Bonchev–Trinajstić information content (AvgIpc) is 2.57. The predicted molar refractivity (Wildman–Crippen MR) is 69.0 cm³/mol. The van der Waals surface area contributed by atoms with Crippen molar-refractivity contribution in [2.24, 2.45) is 10.2 Å². The number of amides is 2. The Labute approximate surface area is 104 Å². The highest BCUT2D eigenvalue weighted by molar-refractivity contribution is 8.15. The number of hydrogen-bond donors (Lipinski definition) is 2. The van der Waals surface area contributed by atoms with Crippen LogP contribution >= 0.6 is 11.8 Å². The Morgan fingerprint density at radius 2 is 2.24 bits per heavy atom. The van der Waals surface area contributed by atoms with Crippen LogP contribution < -0.4 is 10.6 Å². The van der Waals surface area contributed by atoms with E-state index in [9.17, 15) is 9.59 Å². The molecule has 6 nitrogen and oxygen atoms in total. The van der Waals surface area contributed by atoms with Crippen LogP contribution in [0.25, 0.3) is 0 Å². The monoisotopic (exact) mass is 256 g/mol. The smallest absolute Gasteiger partial charge is 0.240 e. The second-order valence-electron chi connectivity index (χ2n) is 3.71. The van der Waals surface area contributed by atoms with E-state index in [0.717, 1.165) is 5.71 Å². The molecule has 0 aromatic rings. The molecule has 1 fully saturated rings. The zero-order chi connectivity index (χ0) is 12.8. The molecule has 0 saturated carbocycles. The number of amidine groups is 1. The maximum atomic E-state index is 11.5. The standard InChI is InChI=1S/C10H16N4O2S/c1-4-11-8(15)5-7-9(16)12-10(17-7)14-13-6(2)3/h7H,4-5H2,1-3H3,(H,11,15)(H,12,14,16). The molecule has 1 heterocycles. The Morgan fingerprint density at radius 3 is 2.82 bits per heavy atom. The Hall–Kier alpha value is -1.37. The van der Waals surface area contributed by atoms with Gasteiger partial charge in [-0.25, -0.2) is 0 Å². The SMILES string of the molecule is CCNC(=O)CC1S/C(=N\N=C(C)C)NC1=O. The van der Waals surface area contributed by atoms with Gasteiger partial charge in [0.15, 0.2) is 5.17 Å². The third-order valence-corrected chi connectivity index (χ3v) is 2.93. The Bertz CT molecular complexity index is 375. The lowest BCUT2D eigenvalue weighted by atomic mass is 10.3. The van der Waals surface area contributed by atoms with E-state index < -0.39 is 5.25 Å². The second kappa shape index (κ2) is 6.39. The van der Waals surface area contributed by atoms with Gasteiger partial charge in [-0.15, -0.1) is 5.10 Å². The molecular formula is C10H16N4O2S. The fourth-order valence-corrected chi connectivity index (χ4v) is 2.09. The molecule has 2 N–H and O–H groups in total. The van der Waals surface area contributed by atoms with Crippen LogP contribution in [-0.4, -0.2) is 34.5 Å². The maximum absolute atomic E-state index is 11.5. The highest BCUT2D eigenvalue weighted by Gasteiger charge is 2.31. The molecule has 1 saturated heterocycles. The number of thioether (sulfide) groups is 1. The van der Waals surface area contributed by atoms with Crippen molar-refractivity contribution in [3.8, 4) is 0 Å². The maximum Gasteiger partial charge on any atom is 0.240 e. The third-order valence-electron chi connectivity index (χ3n) is 1.86. The molecule has 0 bridgehead atoms. The van der Waals surface area contributed by atoms with Gasteiger partial charge in [0, 0.05) is 18.7 Å². The molecular weight excluding hydrogens is 240 g/mol. The first-order valence-electron chi connectivity index (χ1n) is 5.36. The topological polar surface area (TPSA) is 82.9 Å². The van der Waals surface area contributed by atoms with Gasteiger partial charge in [-0.05, 0) is 20.8 Å². The van der Waals surface area contributed by atoms with Crippen LogP contribution in [0.4, 0.5) is 0 Å². The van der Waals surface area contributed by atoms with Crippen LogP contribution in [0, 0.1) is 0 Å². The van der Waals surface area contributed by atoms with Gasteiger partial charge < -0.3 is 10.6 Å². The van der Waals surface area contributed by atoms with Crippen molar-refractivity contribution >= 4 is 34.5 Å². The highest BCUT2D eigenvalue weighted by Crippen LogP contribution is 2.22. The lowest BCUT2D eigenvalue weighted by Crippen LogP contribution is -2.31. The van der Waals surface area contributed by atoms with E-state index in [-0.39, 0.29) is 18.2 Å². The fourth-order valence-electron chi connectivity index (χ4n) is 1.17. The van der Waals surface area contributed by atoms with Gasteiger partial charge in [0.2, 0.25) is 11.8 Å². The molecule has 1 aliphatic rings. The van der Waals surface area contributed by atoms with E-state index in [1.54, 1.807) is 0 Å². The molecule has 1 atom stereocenters. The van der Waals surface area contributed by atoms with Crippen LogP contribution in [0.3, 0.4) is 0 Å². The first-order chi connectivity index (χ1) is 8.02. The minimum atomic E-state index is -0.410. The van der Waals surface area contributed by atoms with Gasteiger partial charge in [-0.2, -0.15) is 5.10 Å². The summed E-state index contributed by atoms with van der Waals surface area (Å²) in [6.45, 7) is 6.04. The predicted octanol–water partition coefficient (Wildman–Crippen LogP) is 0.496. The van der Waals surface area contributed by atoms with Crippen LogP contribution in [-0.2, 0) is 9.59 Å². The van der Waals surface area contributed by atoms with Gasteiger partial charge in [-0.3, -0.25) is 9.59 Å².